The molecule has 0 atom stereocenters. The summed E-state index contributed by atoms with van der Waals surface area (Å²) >= 11 is 5.36. The van der Waals surface area contributed by atoms with Gasteiger partial charge in [-0.15, -0.1) is 0 Å². The molecule has 0 amide bonds. The van der Waals surface area contributed by atoms with Crippen molar-refractivity contribution in [1.29, 1.82) is 0 Å². The first-order valence-corrected chi connectivity index (χ1v) is 8.42. The van der Waals surface area contributed by atoms with E-state index in [2.05, 4.69) is 29.7 Å². The van der Waals surface area contributed by atoms with Gasteiger partial charge >= 0.3 is 0 Å². The highest BCUT2D eigenvalue weighted by atomic mass is 32.1. The fraction of sp³-hybridized carbons (Fsp3) is 0.316. The van der Waals surface area contributed by atoms with Crippen LogP contribution in [0.3, 0.4) is 0 Å². The van der Waals surface area contributed by atoms with Crippen molar-refractivity contribution in [2.24, 2.45) is 0 Å². The van der Waals surface area contributed by atoms with Crippen molar-refractivity contribution in [1.82, 2.24) is 5.32 Å². The van der Waals surface area contributed by atoms with Crippen molar-refractivity contribution in [3.05, 3.63) is 53.6 Å². The lowest BCUT2D eigenvalue weighted by molar-refractivity contribution is 0.351. The molecule has 2 aromatic carbocycles. The van der Waals surface area contributed by atoms with Gasteiger partial charge in [0.05, 0.1) is 14.2 Å². The van der Waals surface area contributed by atoms with Gasteiger partial charge in [-0.3, -0.25) is 0 Å². The minimum Gasteiger partial charge on any atom is -0.493 e. The average molecular weight is 344 g/mol. The molecule has 128 valence electrons. The van der Waals surface area contributed by atoms with Gasteiger partial charge in [0.15, 0.2) is 16.6 Å². The number of thiocarbonyl (C=S) groups is 1. The molecule has 0 fully saturated rings. The molecule has 2 rings (SSSR count). The van der Waals surface area contributed by atoms with Gasteiger partial charge in [0.25, 0.3) is 0 Å². The van der Waals surface area contributed by atoms with Gasteiger partial charge in [-0.1, -0.05) is 31.2 Å². The fourth-order valence-corrected chi connectivity index (χ4v) is 2.73. The molecule has 0 bridgehead atoms. The van der Waals surface area contributed by atoms with Gasteiger partial charge < -0.3 is 20.1 Å². The molecule has 5 heteroatoms. The topological polar surface area (TPSA) is 42.5 Å². The maximum atomic E-state index is 5.44. The molecule has 4 nitrogen and oxygen atoms in total. The molecule has 0 heterocycles. The second-order valence-electron chi connectivity index (χ2n) is 5.34. The summed E-state index contributed by atoms with van der Waals surface area (Å²) in [6.07, 6.45) is 1.79. The summed E-state index contributed by atoms with van der Waals surface area (Å²) in [6, 6.07) is 14.1. The highest BCUT2D eigenvalue weighted by Gasteiger charge is 2.09. The summed E-state index contributed by atoms with van der Waals surface area (Å²) in [6.45, 7) is 2.85. The number of ether oxygens (including phenoxy) is 2. The molecule has 2 aromatic rings. The normalized spacial score (nSPS) is 10.1. The quantitative estimate of drug-likeness (QED) is 0.748. The molecule has 2 N–H and O–H groups in total. The molecule has 0 saturated heterocycles. The molecule has 0 saturated carbocycles. The van der Waals surface area contributed by atoms with Crippen LogP contribution in [0.15, 0.2) is 42.5 Å². The Morgan fingerprint density at radius 2 is 1.88 bits per heavy atom. The predicted molar refractivity (Wildman–Crippen MR) is 103 cm³/mol. The molecule has 24 heavy (non-hydrogen) atoms. The summed E-state index contributed by atoms with van der Waals surface area (Å²) < 4.78 is 10.8. The third-order valence-electron chi connectivity index (χ3n) is 3.76. The smallest absolute Gasteiger partial charge is 0.170 e. The zero-order chi connectivity index (χ0) is 17.4. The number of anilines is 1. The lowest BCUT2D eigenvalue weighted by Gasteiger charge is -2.14. The van der Waals surface area contributed by atoms with Gasteiger partial charge in [-0.05, 0) is 54.4 Å². The number of para-hydroxylation sites is 1. The van der Waals surface area contributed by atoms with Crippen LogP contribution in [0.4, 0.5) is 5.69 Å². The van der Waals surface area contributed by atoms with Crippen molar-refractivity contribution in [3.8, 4) is 11.5 Å². The zero-order valence-electron chi connectivity index (χ0n) is 14.4. The first-order chi connectivity index (χ1) is 11.7. The van der Waals surface area contributed by atoms with Crippen molar-refractivity contribution in [2.45, 2.75) is 19.8 Å². The van der Waals surface area contributed by atoms with E-state index in [1.54, 1.807) is 14.2 Å². The maximum absolute atomic E-state index is 5.44. The van der Waals surface area contributed by atoms with Crippen molar-refractivity contribution >= 4 is 23.0 Å². The lowest BCUT2D eigenvalue weighted by atomic mass is 10.1. The molecular weight excluding hydrogens is 320 g/mol. The van der Waals surface area contributed by atoms with E-state index >= 15 is 0 Å². The molecule has 0 aromatic heterocycles. The molecule has 0 unspecified atom stereocenters. The minimum atomic E-state index is 0.616. The summed E-state index contributed by atoms with van der Waals surface area (Å²) in [5.74, 6) is 1.52. The third kappa shape index (κ3) is 4.86. The van der Waals surface area contributed by atoms with Gasteiger partial charge in [0, 0.05) is 12.2 Å². The third-order valence-corrected chi connectivity index (χ3v) is 4.00. The summed E-state index contributed by atoms with van der Waals surface area (Å²) in [5.41, 5.74) is 3.37. The van der Waals surface area contributed by atoms with Crippen LogP contribution in [0.5, 0.6) is 11.5 Å². The van der Waals surface area contributed by atoms with Crippen LogP contribution in [-0.4, -0.2) is 25.9 Å². The Kier molecular flexibility index (Phi) is 6.88. The van der Waals surface area contributed by atoms with Crippen molar-refractivity contribution in [3.63, 3.8) is 0 Å². The Balaban J connectivity index is 1.89. The molecular formula is C19H24N2O2S. The molecule has 0 aliphatic rings. The first kappa shape index (κ1) is 18.1. The van der Waals surface area contributed by atoms with Crippen LogP contribution in [0, 0.1) is 0 Å². The Morgan fingerprint density at radius 1 is 1.08 bits per heavy atom. The first-order valence-electron chi connectivity index (χ1n) is 8.01. The number of benzene rings is 2. The number of hydrogen-bond donors (Lipinski definition) is 2. The Bertz CT molecular complexity index is 689. The lowest BCUT2D eigenvalue weighted by Crippen LogP contribution is -2.30. The standard InChI is InChI=1S/C19H24N2O2S/c1-4-14-7-5-9-16(13-14)21-19(24)20-12-11-15-8-6-10-17(22-2)18(15)23-3/h5-10,13H,4,11-12H2,1-3H3,(H2,20,21,24). The average Bonchev–Trinajstić information content (AvgIpc) is 2.61. The van der Waals surface area contributed by atoms with Crippen LogP contribution in [0.25, 0.3) is 0 Å². The molecule has 0 aliphatic heterocycles. The van der Waals surface area contributed by atoms with Gasteiger partial charge in [0.2, 0.25) is 0 Å². The van der Waals surface area contributed by atoms with Crippen LogP contribution in [-0.2, 0) is 12.8 Å². The van der Waals surface area contributed by atoms with E-state index in [0.717, 1.165) is 35.6 Å². The monoisotopic (exact) mass is 344 g/mol. The highest BCUT2D eigenvalue weighted by molar-refractivity contribution is 7.80. The van der Waals surface area contributed by atoms with Crippen LogP contribution >= 0.6 is 12.2 Å². The number of rotatable bonds is 7. The summed E-state index contributed by atoms with van der Waals surface area (Å²) in [7, 11) is 3.30. The minimum absolute atomic E-state index is 0.616. The summed E-state index contributed by atoms with van der Waals surface area (Å²) in [4.78, 5) is 0. The van der Waals surface area contributed by atoms with E-state index in [9.17, 15) is 0 Å². The van der Waals surface area contributed by atoms with Gasteiger partial charge in [0.1, 0.15) is 0 Å². The predicted octanol–water partition coefficient (Wildman–Crippen LogP) is 3.80. The van der Waals surface area contributed by atoms with Crippen molar-refractivity contribution in [2.75, 3.05) is 26.1 Å². The number of nitrogens with one attached hydrogen (secondary N) is 2. The molecule has 0 radical (unpaired) electrons. The van der Waals surface area contributed by atoms with E-state index in [4.69, 9.17) is 21.7 Å². The SMILES string of the molecule is CCc1cccc(NC(=S)NCCc2cccc(OC)c2OC)c1. The maximum Gasteiger partial charge on any atom is 0.170 e. The van der Waals surface area contributed by atoms with Crippen LogP contribution in [0.1, 0.15) is 18.1 Å². The zero-order valence-corrected chi connectivity index (χ0v) is 15.2. The van der Waals surface area contributed by atoms with Gasteiger partial charge in [-0.2, -0.15) is 0 Å². The summed E-state index contributed by atoms with van der Waals surface area (Å²) in [5, 5.41) is 7.06. The Labute approximate surface area is 149 Å². The van der Waals surface area contributed by atoms with Crippen molar-refractivity contribution < 1.29 is 9.47 Å². The second kappa shape index (κ2) is 9.13. The molecule has 0 spiro atoms. The number of hydrogen-bond acceptors (Lipinski definition) is 3. The largest absolute Gasteiger partial charge is 0.493 e. The Hall–Kier alpha value is -2.27. The van der Waals surface area contributed by atoms with Crippen LogP contribution in [0.2, 0.25) is 0 Å². The van der Waals surface area contributed by atoms with E-state index in [0.29, 0.717) is 11.7 Å². The van der Waals surface area contributed by atoms with E-state index in [-0.39, 0.29) is 0 Å². The second-order valence-corrected chi connectivity index (χ2v) is 5.75. The number of aryl methyl sites for hydroxylation is 1. The van der Waals surface area contributed by atoms with Gasteiger partial charge in [-0.25, -0.2) is 0 Å². The molecule has 0 aliphatic carbocycles. The van der Waals surface area contributed by atoms with E-state index < -0.39 is 0 Å². The van der Waals surface area contributed by atoms with E-state index in [1.807, 2.05) is 30.3 Å². The fourth-order valence-electron chi connectivity index (χ4n) is 2.51. The van der Waals surface area contributed by atoms with Crippen LogP contribution < -0.4 is 20.1 Å². The number of methoxy groups -OCH3 is 2. The highest BCUT2D eigenvalue weighted by Crippen LogP contribution is 2.30. The Morgan fingerprint density at radius 3 is 2.58 bits per heavy atom. The van der Waals surface area contributed by atoms with E-state index in [1.165, 1.54) is 5.56 Å².